The van der Waals surface area contributed by atoms with E-state index in [1.807, 2.05) is 0 Å². The molecule has 0 fully saturated rings. The summed E-state index contributed by atoms with van der Waals surface area (Å²) in [5, 5.41) is 0. The Balaban J connectivity index is 1.30. The molecule has 0 saturated heterocycles. The lowest BCUT2D eigenvalue weighted by Gasteiger charge is -2.46. The van der Waals surface area contributed by atoms with E-state index in [-0.39, 0.29) is 6.71 Å². The van der Waals surface area contributed by atoms with Gasteiger partial charge < -0.3 is 9.80 Å². The van der Waals surface area contributed by atoms with Crippen molar-refractivity contribution in [2.24, 2.45) is 0 Å². The van der Waals surface area contributed by atoms with Crippen molar-refractivity contribution in [2.45, 2.75) is 20.8 Å². The summed E-state index contributed by atoms with van der Waals surface area (Å²) in [7, 11) is 0. The summed E-state index contributed by atoms with van der Waals surface area (Å²) < 4.78 is 0. The molecule has 2 heterocycles. The molecular weight excluding hydrogens is 579 g/mol. The molecule has 0 spiro atoms. The molecular formula is C45H35BN2. The SMILES string of the molecule is Cc1cc(C)c(B2c3cc(-c4ccccc4)ccc3N3c4ccccc4N(c4ccc(-c5ccccc5)cc4)c4cccc2c43)c(C)c1. The molecule has 0 radical (unpaired) electrons. The highest BCUT2D eigenvalue weighted by molar-refractivity contribution is 6.98. The fourth-order valence-corrected chi connectivity index (χ4v) is 8.18. The highest BCUT2D eigenvalue weighted by Crippen LogP contribution is 2.54. The first kappa shape index (κ1) is 28.4. The second-order valence-electron chi connectivity index (χ2n) is 13.2. The first-order chi connectivity index (χ1) is 23.6. The van der Waals surface area contributed by atoms with Crippen molar-refractivity contribution in [3.63, 3.8) is 0 Å². The maximum Gasteiger partial charge on any atom is 0.247 e. The van der Waals surface area contributed by atoms with E-state index in [4.69, 9.17) is 0 Å². The van der Waals surface area contributed by atoms with Crippen LogP contribution in [0.4, 0.5) is 34.1 Å². The normalized spacial score (nSPS) is 12.8. The summed E-state index contributed by atoms with van der Waals surface area (Å²) >= 11 is 0. The molecule has 0 N–H and O–H groups in total. The van der Waals surface area contributed by atoms with Crippen LogP contribution in [0.1, 0.15) is 16.7 Å². The number of nitrogens with zero attached hydrogens (tertiary/aromatic N) is 2. The Kier molecular flexibility index (Phi) is 6.62. The zero-order chi connectivity index (χ0) is 32.4. The predicted molar refractivity (Wildman–Crippen MR) is 206 cm³/mol. The smallest absolute Gasteiger partial charge is 0.247 e. The van der Waals surface area contributed by atoms with Crippen LogP contribution in [0.25, 0.3) is 22.3 Å². The van der Waals surface area contributed by atoms with Gasteiger partial charge in [0.1, 0.15) is 0 Å². The number of anilines is 6. The minimum atomic E-state index is 0.0861. The fourth-order valence-electron chi connectivity index (χ4n) is 8.18. The zero-order valence-corrected chi connectivity index (χ0v) is 27.5. The van der Waals surface area contributed by atoms with Gasteiger partial charge in [0.25, 0.3) is 0 Å². The molecule has 0 aliphatic carbocycles. The van der Waals surface area contributed by atoms with E-state index in [1.54, 1.807) is 0 Å². The van der Waals surface area contributed by atoms with Crippen LogP contribution in [0.5, 0.6) is 0 Å². The number of hydrogen-bond acceptors (Lipinski definition) is 2. The van der Waals surface area contributed by atoms with Crippen LogP contribution in [-0.2, 0) is 0 Å². The molecule has 2 nitrogen and oxygen atoms in total. The number of fused-ring (bicyclic) bond motifs is 4. The van der Waals surface area contributed by atoms with E-state index < -0.39 is 0 Å². The molecule has 7 aromatic carbocycles. The third-order valence-electron chi connectivity index (χ3n) is 10.1. The summed E-state index contributed by atoms with van der Waals surface area (Å²) in [5.41, 5.74) is 20.2. The summed E-state index contributed by atoms with van der Waals surface area (Å²) in [6.07, 6.45) is 0. The van der Waals surface area contributed by atoms with Gasteiger partial charge >= 0.3 is 0 Å². The lowest BCUT2D eigenvalue weighted by Crippen LogP contribution is -2.59. The molecule has 0 atom stereocenters. The van der Waals surface area contributed by atoms with Gasteiger partial charge in [-0.25, -0.2) is 0 Å². The Hall–Kier alpha value is -5.80. The maximum absolute atomic E-state index is 2.52. The van der Waals surface area contributed by atoms with Crippen molar-refractivity contribution in [1.82, 2.24) is 0 Å². The first-order valence-electron chi connectivity index (χ1n) is 16.8. The monoisotopic (exact) mass is 614 g/mol. The van der Waals surface area contributed by atoms with E-state index in [2.05, 4.69) is 188 Å². The molecule has 0 unspecified atom stereocenters. The van der Waals surface area contributed by atoms with Gasteiger partial charge in [0.15, 0.2) is 0 Å². The number of aryl methyl sites for hydroxylation is 3. The summed E-state index contributed by atoms with van der Waals surface area (Å²) in [6, 6.07) is 58.0. The average molecular weight is 615 g/mol. The van der Waals surface area contributed by atoms with Crippen LogP contribution < -0.4 is 26.2 Å². The predicted octanol–water partition coefficient (Wildman–Crippen LogP) is 10.0. The van der Waals surface area contributed by atoms with Gasteiger partial charge in [-0.2, -0.15) is 0 Å². The van der Waals surface area contributed by atoms with Gasteiger partial charge in [-0.1, -0.05) is 143 Å². The number of benzene rings is 7. The largest absolute Gasteiger partial charge is 0.307 e. The molecule has 0 amide bonds. The van der Waals surface area contributed by atoms with Gasteiger partial charge in [0, 0.05) is 11.4 Å². The average Bonchev–Trinajstić information content (AvgIpc) is 3.12. The number of hydrogen-bond donors (Lipinski definition) is 0. The molecule has 9 rings (SSSR count). The van der Waals surface area contributed by atoms with Crippen molar-refractivity contribution >= 4 is 57.2 Å². The topological polar surface area (TPSA) is 6.48 Å². The van der Waals surface area contributed by atoms with Gasteiger partial charge in [0.05, 0.1) is 22.7 Å². The van der Waals surface area contributed by atoms with E-state index in [1.165, 1.54) is 83.8 Å². The molecule has 2 aliphatic heterocycles. The summed E-state index contributed by atoms with van der Waals surface area (Å²) in [4.78, 5) is 4.98. The van der Waals surface area contributed by atoms with Crippen LogP contribution in [0, 0.1) is 20.8 Å². The van der Waals surface area contributed by atoms with E-state index in [9.17, 15) is 0 Å². The first-order valence-corrected chi connectivity index (χ1v) is 16.8. The van der Waals surface area contributed by atoms with Gasteiger partial charge in [-0.15, -0.1) is 0 Å². The molecule has 0 bridgehead atoms. The highest BCUT2D eigenvalue weighted by atomic mass is 15.3. The summed E-state index contributed by atoms with van der Waals surface area (Å²) in [5.74, 6) is 0. The van der Waals surface area contributed by atoms with Crippen molar-refractivity contribution in [3.8, 4) is 22.3 Å². The van der Waals surface area contributed by atoms with Gasteiger partial charge in [-0.05, 0) is 90.3 Å². The molecule has 2 aliphatic rings. The second kappa shape index (κ2) is 11.2. The molecule has 0 saturated carbocycles. The Morgan fingerprint density at radius 1 is 0.396 bits per heavy atom. The van der Waals surface area contributed by atoms with E-state index >= 15 is 0 Å². The van der Waals surface area contributed by atoms with Crippen molar-refractivity contribution in [3.05, 3.63) is 174 Å². The number of rotatable bonds is 4. The Labute approximate surface area is 283 Å². The highest BCUT2D eigenvalue weighted by Gasteiger charge is 2.42. The summed E-state index contributed by atoms with van der Waals surface area (Å²) in [6.45, 7) is 6.86. The lowest BCUT2D eigenvalue weighted by molar-refractivity contribution is 1.17. The number of para-hydroxylation sites is 3. The molecule has 0 aromatic heterocycles. The van der Waals surface area contributed by atoms with Crippen LogP contribution in [0.15, 0.2) is 158 Å². The maximum atomic E-state index is 2.52. The molecule has 3 heteroatoms. The minimum absolute atomic E-state index is 0.0861. The molecule has 228 valence electrons. The quantitative estimate of drug-likeness (QED) is 0.182. The van der Waals surface area contributed by atoms with Crippen molar-refractivity contribution in [2.75, 3.05) is 9.80 Å². The zero-order valence-electron chi connectivity index (χ0n) is 27.5. The molecule has 7 aromatic rings. The minimum Gasteiger partial charge on any atom is -0.307 e. The standard InChI is InChI=1S/C45H35BN2/c1-30-27-31(2)44(32(3)28-30)46-38-17-12-20-43-45(38)48(40-26-23-36(29-39(40)46)34-15-8-5-9-16-34)42-19-11-10-18-41(42)47(43)37-24-21-35(22-25-37)33-13-6-4-7-14-33/h4-29H,1-3H3. The van der Waals surface area contributed by atoms with E-state index in [0.29, 0.717) is 0 Å². The Morgan fingerprint density at radius 3 is 1.60 bits per heavy atom. The second-order valence-corrected chi connectivity index (χ2v) is 13.2. The van der Waals surface area contributed by atoms with E-state index in [0.717, 1.165) is 5.69 Å². The Bertz CT molecular complexity index is 2300. The van der Waals surface area contributed by atoms with Crippen LogP contribution in [0.3, 0.4) is 0 Å². The third-order valence-corrected chi connectivity index (χ3v) is 10.1. The van der Waals surface area contributed by atoms with Crippen molar-refractivity contribution < 1.29 is 0 Å². The van der Waals surface area contributed by atoms with Crippen LogP contribution >= 0.6 is 0 Å². The molecule has 48 heavy (non-hydrogen) atoms. The van der Waals surface area contributed by atoms with Crippen LogP contribution in [-0.4, -0.2) is 6.71 Å². The van der Waals surface area contributed by atoms with Gasteiger partial charge in [-0.3, -0.25) is 0 Å². The fraction of sp³-hybridized carbons (Fsp3) is 0.0667. The third kappa shape index (κ3) is 4.42. The van der Waals surface area contributed by atoms with Crippen LogP contribution in [0.2, 0.25) is 0 Å². The van der Waals surface area contributed by atoms with Crippen molar-refractivity contribution in [1.29, 1.82) is 0 Å². The van der Waals surface area contributed by atoms with Gasteiger partial charge in [0.2, 0.25) is 6.71 Å². The lowest BCUT2D eigenvalue weighted by atomic mass is 9.33. The Morgan fingerprint density at radius 2 is 0.938 bits per heavy atom.